The second-order valence-corrected chi connectivity index (χ2v) is 19.9. The molecule has 0 rings (SSSR count). The lowest BCUT2D eigenvalue weighted by atomic mass is 10.0. The van der Waals surface area contributed by atoms with Crippen LogP contribution >= 0.6 is 0 Å². The summed E-state index contributed by atoms with van der Waals surface area (Å²) in [4.78, 5) is 38.1. The zero-order chi connectivity index (χ0) is 49.3. The zero-order valence-corrected chi connectivity index (χ0v) is 45.4. The Morgan fingerprint density at radius 2 is 0.559 bits per heavy atom. The van der Waals surface area contributed by atoms with Gasteiger partial charge in [-0.2, -0.15) is 0 Å². The zero-order valence-electron chi connectivity index (χ0n) is 45.4. The molecule has 0 N–H and O–H groups in total. The van der Waals surface area contributed by atoms with Crippen molar-refractivity contribution in [1.29, 1.82) is 0 Å². The number of ether oxygens (including phenoxy) is 3. The molecule has 0 aliphatic rings. The van der Waals surface area contributed by atoms with E-state index in [0.29, 0.717) is 19.3 Å². The SMILES string of the molecule is CCC/C=C\CCCCCCCC(=O)OCC(COC(=O)CCCCCCCCCCCCCCCCCCCCCCC)OC(=O)CCCCCCCC/C=C\C/C=C\C/C=C\CCCCC. The molecule has 6 heteroatoms. The minimum Gasteiger partial charge on any atom is -0.462 e. The average Bonchev–Trinajstić information content (AvgIpc) is 3.34. The molecule has 0 heterocycles. The first-order chi connectivity index (χ1) is 33.5. The van der Waals surface area contributed by atoms with E-state index in [1.807, 2.05) is 0 Å². The molecule has 0 spiro atoms. The summed E-state index contributed by atoms with van der Waals surface area (Å²) >= 11 is 0. The number of unbranched alkanes of at least 4 members (excludes halogenated alkanes) is 35. The molecule has 0 aliphatic heterocycles. The lowest BCUT2D eigenvalue weighted by molar-refractivity contribution is -0.167. The van der Waals surface area contributed by atoms with Gasteiger partial charge < -0.3 is 14.2 Å². The van der Waals surface area contributed by atoms with Gasteiger partial charge >= 0.3 is 17.9 Å². The number of rotatable bonds is 54. The summed E-state index contributed by atoms with van der Waals surface area (Å²) in [6.45, 7) is 6.57. The fourth-order valence-electron chi connectivity index (χ4n) is 8.57. The van der Waals surface area contributed by atoms with E-state index < -0.39 is 6.10 Å². The van der Waals surface area contributed by atoms with E-state index in [2.05, 4.69) is 69.4 Å². The number of carbonyl (C=O) groups is 3. The Balaban J connectivity index is 4.27. The van der Waals surface area contributed by atoms with Gasteiger partial charge in [-0.05, 0) is 77.0 Å². The van der Waals surface area contributed by atoms with Gasteiger partial charge in [-0.1, -0.05) is 262 Å². The smallest absolute Gasteiger partial charge is 0.306 e. The molecule has 0 aromatic carbocycles. The lowest BCUT2D eigenvalue weighted by Gasteiger charge is -2.18. The first-order valence-corrected chi connectivity index (χ1v) is 29.6. The van der Waals surface area contributed by atoms with Crippen molar-refractivity contribution in [3.05, 3.63) is 48.6 Å². The highest BCUT2D eigenvalue weighted by molar-refractivity contribution is 5.71. The molecule has 0 aliphatic carbocycles. The van der Waals surface area contributed by atoms with Crippen LogP contribution in [0, 0.1) is 0 Å². The van der Waals surface area contributed by atoms with Gasteiger partial charge in [-0.3, -0.25) is 14.4 Å². The Morgan fingerprint density at radius 3 is 0.926 bits per heavy atom. The summed E-state index contributed by atoms with van der Waals surface area (Å²) in [5.41, 5.74) is 0. The minimum absolute atomic E-state index is 0.0783. The van der Waals surface area contributed by atoms with Gasteiger partial charge in [0.1, 0.15) is 13.2 Å². The quantitative estimate of drug-likeness (QED) is 0.0262. The first kappa shape index (κ1) is 65.4. The predicted octanol–water partition coefficient (Wildman–Crippen LogP) is 19.8. The van der Waals surface area contributed by atoms with Crippen molar-refractivity contribution in [2.45, 2.75) is 316 Å². The molecule has 0 bridgehead atoms. The van der Waals surface area contributed by atoms with Gasteiger partial charge in [0.2, 0.25) is 0 Å². The Hall–Kier alpha value is -2.63. The van der Waals surface area contributed by atoms with Crippen LogP contribution < -0.4 is 0 Å². The Bertz CT molecular complexity index is 1190. The van der Waals surface area contributed by atoms with Gasteiger partial charge in [0.15, 0.2) is 6.10 Å². The van der Waals surface area contributed by atoms with Crippen molar-refractivity contribution in [2.24, 2.45) is 0 Å². The molecule has 0 saturated heterocycles. The van der Waals surface area contributed by atoms with E-state index in [4.69, 9.17) is 14.2 Å². The van der Waals surface area contributed by atoms with E-state index in [-0.39, 0.29) is 31.1 Å². The Kier molecular flexibility index (Phi) is 54.8. The van der Waals surface area contributed by atoms with Crippen LogP contribution in [0.3, 0.4) is 0 Å². The molecule has 0 radical (unpaired) electrons. The van der Waals surface area contributed by atoms with Gasteiger partial charge in [0, 0.05) is 19.3 Å². The lowest BCUT2D eigenvalue weighted by Crippen LogP contribution is -2.30. The Morgan fingerprint density at radius 1 is 0.294 bits per heavy atom. The number of carbonyl (C=O) groups excluding carboxylic acids is 3. The highest BCUT2D eigenvalue weighted by Gasteiger charge is 2.19. The van der Waals surface area contributed by atoms with Crippen LogP contribution in [0.4, 0.5) is 0 Å². The van der Waals surface area contributed by atoms with Crippen LogP contribution in [0.1, 0.15) is 310 Å². The number of allylic oxidation sites excluding steroid dienone is 8. The second-order valence-electron chi connectivity index (χ2n) is 19.9. The molecular formula is C62H112O6. The Labute approximate surface area is 422 Å². The molecule has 1 unspecified atom stereocenters. The van der Waals surface area contributed by atoms with Gasteiger partial charge in [0.05, 0.1) is 0 Å². The summed E-state index contributed by atoms with van der Waals surface area (Å²) in [7, 11) is 0. The number of hydrogen-bond donors (Lipinski definition) is 0. The summed E-state index contributed by atoms with van der Waals surface area (Å²) in [5, 5.41) is 0. The fourth-order valence-corrected chi connectivity index (χ4v) is 8.57. The van der Waals surface area contributed by atoms with Gasteiger partial charge in [-0.25, -0.2) is 0 Å². The van der Waals surface area contributed by atoms with Crippen molar-refractivity contribution < 1.29 is 28.6 Å². The summed E-state index contributed by atoms with van der Waals surface area (Å²) in [6, 6.07) is 0. The molecule has 0 aromatic rings. The van der Waals surface area contributed by atoms with E-state index in [9.17, 15) is 14.4 Å². The highest BCUT2D eigenvalue weighted by Crippen LogP contribution is 2.17. The van der Waals surface area contributed by atoms with Crippen molar-refractivity contribution >= 4 is 17.9 Å². The summed E-state index contributed by atoms with van der Waals surface area (Å²) < 4.78 is 16.8. The minimum atomic E-state index is -0.781. The first-order valence-electron chi connectivity index (χ1n) is 29.6. The van der Waals surface area contributed by atoms with Crippen molar-refractivity contribution in [1.82, 2.24) is 0 Å². The van der Waals surface area contributed by atoms with E-state index in [1.165, 1.54) is 173 Å². The molecule has 0 saturated carbocycles. The standard InChI is InChI=1S/C62H112O6/c1-4-7-10-13-16-19-22-24-26-28-30-31-33-34-36-38-40-43-46-49-52-55-61(64)67-58-59(57-66-60(63)54-51-48-45-42-21-18-15-12-9-6-3)68-62(65)56-53-50-47-44-41-39-37-35-32-29-27-25-23-20-17-14-11-8-5-2/h12,15,17,20,25,27,32,35,59H,4-11,13-14,16,18-19,21-24,26,28-31,33-34,36-58H2,1-3H3/b15-12-,20-17-,27-25-,35-32-. The second kappa shape index (κ2) is 57.0. The molecular weight excluding hydrogens is 841 g/mol. The maximum Gasteiger partial charge on any atom is 0.306 e. The van der Waals surface area contributed by atoms with E-state index in [1.54, 1.807) is 0 Å². The average molecular weight is 954 g/mol. The van der Waals surface area contributed by atoms with Crippen molar-refractivity contribution in [2.75, 3.05) is 13.2 Å². The molecule has 0 fully saturated rings. The van der Waals surface area contributed by atoms with E-state index in [0.717, 1.165) is 96.3 Å². The maximum atomic E-state index is 12.8. The number of esters is 3. The topological polar surface area (TPSA) is 78.9 Å². The third-order valence-corrected chi connectivity index (χ3v) is 13.0. The summed E-state index contributed by atoms with van der Waals surface area (Å²) in [5.74, 6) is -0.888. The van der Waals surface area contributed by atoms with Crippen LogP contribution in [0.25, 0.3) is 0 Å². The van der Waals surface area contributed by atoms with E-state index >= 15 is 0 Å². The normalized spacial score (nSPS) is 12.3. The molecule has 396 valence electrons. The van der Waals surface area contributed by atoms with Gasteiger partial charge in [-0.15, -0.1) is 0 Å². The molecule has 1 atom stereocenters. The molecule has 0 amide bonds. The maximum absolute atomic E-state index is 12.8. The fraction of sp³-hybridized carbons (Fsp3) is 0.823. The van der Waals surface area contributed by atoms with Crippen molar-refractivity contribution in [3.8, 4) is 0 Å². The molecule has 6 nitrogen and oxygen atoms in total. The van der Waals surface area contributed by atoms with Crippen LogP contribution in [-0.4, -0.2) is 37.2 Å². The van der Waals surface area contributed by atoms with Crippen LogP contribution in [0.2, 0.25) is 0 Å². The summed E-state index contributed by atoms with van der Waals surface area (Å²) in [6.07, 6.45) is 69.7. The van der Waals surface area contributed by atoms with Crippen LogP contribution in [0.5, 0.6) is 0 Å². The predicted molar refractivity (Wildman–Crippen MR) is 293 cm³/mol. The molecule has 0 aromatic heterocycles. The van der Waals surface area contributed by atoms with Gasteiger partial charge in [0.25, 0.3) is 0 Å². The number of hydrogen-bond acceptors (Lipinski definition) is 6. The third-order valence-electron chi connectivity index (χ3n) is 13.0. The van der Waals surface area contributed by atoms with Crippen LogP contribution in [0.15, 0.2) is 48.6 Å². The monoisotopic (exact) mass is 953 g/mol. The van der Waals surface area contributed by atoms with Crippen molar-refractivity contribution in [3.63, 3.8) is 0 Å². The van der Waals surface area contributed by atoms with Crippen LogP contribution in [-0.2, 0) is 28.6 Å². The third kappa shape index (κ3) is 54.3. The largest absolute Gasteiger partial charge is 0.462 e. The highest BCUT2D eigenvalue weighted by atomic mass is 16.6. The molecule has 68 heavy (non-hydrogen) atoms.